The first kappa shape index (κ1) is 19.7. The van der Waals surface area contributed by atoms with Crippen molar-refractivity contribution in [2.45, 2.75) is 6.42 Å². The van der Waals surface area contributed by atoms with Gasteiger partial charge in [-0.25, -0.2) is 4.98 Å². The number of fused-ring (bicyclic) bond motifs is 1. The first-order valence-electron chi connectivity index (χ1n) is 8.99. The lowest BCUT2D eigenvalue weighted by molar-refractivity contribution is 0.612. The summed E-state index contributed by atoms with van der Waals surface area (Å²) in [5, 5.41) is 34.4. The minimum atomic E-state index is 0.153. The number of nitrogens with zero attached hydrogens (tertiary/aromatic N) is 5. The quantitative estimate of drug-likeness (QED) is 0.447. The first-order chi connectivity index (χ1) is 15.1. The molecule has 0 aliphatic carbocycles. The van der Waals surface area contributed by atoms with Gasteiger partial charge >= 0.3 is 0 Å². The highest BCUT2D eigenvalue weighted by Gasteiger charge is 2.12. The summed E-state index contributed by atoms with van der Waals surface area (Å²) in [6, 6.07) is 17.8. The molecule has 148 valence electrons. The van der Waals surface area contributed by atoms with Crippen molar-refractivity contribution in [1.82, 2.24) is 9.97 Å². The number of nitrogens with one attached hydrogen (secondary N) is 2. The van der Waals surface area contributed by atoms with E-state index in [1.54, 1.807) is 36.4 Å². The second kappa shape index (κ2) is 8.42. The minimum Gasteiger partial charge on any atom is -0.464 e. The third kappa shape index (κ3) is 4.23. The molecule has 0 fully saturated rings. The number of aromatic nitrogens is 2. The van der Waals surface area contributed by atoms with E-state index in [9.17, 15) is 5.26 Å². The Labute approximate surface area is 182 Å². The second-order valence-electron chi connectivity index (χ2n) is 6.44. The molecule has 0 saturated carbocycles. The molecule has 8 nitrogen and oxygen atoms in total. The molecule has 0 spiro atoms. The summed E-state index contributed by atoms with van der Waals surface area (Å²) in [6.07, 6.45) is 1.75. The highest BCUT2D eigenvalue weighted by atomic mass is 35.5. The van der Waals surface area contributed by atoms with Crippen molar-refractivity contribution in [3.05, 3.63) is 70.6 Å². The van der Waals surface area contributed by atoms with Crippen LogP contribution in [0.25, 0.3) is 11.0 Å². The van der Waals surface area contributed by atoms with Crippen LogP contribution in [-0.4, -0.2) is 9.97 Å². The molecule has 0 amide bonds. The van der Waals surface area contributed by atoms with E-state index in [0.717, 1.165) is 10.9 Å². The van der Waals surface area contributed by atoms with Crippen molar-refractivity contribution in [3.8, 4) is 18.2 Å². The Kier molecular flexibility index (Phi) is 5.36. The van der Waals surface area contributed by atoms with Gasteiger partial charge in [-0.1, -0.05) is 11.6 Å². The van der Waals surface area contributed by atoms with Crippen molar-refractivity contribution in [1.29, 1.82) is 15.8 Å². The van der Waals surface area contributed by atoms with E-state index in [4.69, 9.17) is 26.5 Å². The molecule has 2 heterocycles. The maximum Gasteiger partial charge on any atom is 0.230 e. The summed E-state index contributed by atoms with van der Waals surface area (Å²) >= 11 is 6.42. The largest absolute Gasteiger partial charge is 0.464 e. The Balaban J connectivity index is 1.64. The van der Waals surface area contributed by atoms with Gasteiger partial charge in [0.05, 0.1) is 41.1 Å². The fourth-order valence-electron chi connectivity index (χ4n) is 2.94. The van der Waals surface area contributed by atoms with Crippen LogP contribution in [0, 0.1) is 34.0 Å². The van der Waals surface area contributed by atoms with Gasteiger partial charge in [0.25, 0.3) is 0 Å². The number of nitriles is 3. The van der Waals surface area contributed by atoms with Gasteiger partial charge in [0, 0.05) is 28.8 Å². The van der Waals surface area contributed by atoms with Crippen molar-refractivity contribution in [3.63, 3.8) is 0 Å². The molecule has 0 unspecified atom stereocenters. The van der Waals surface area contributed by atoms with E-state index in [2.05, 4.69) is 32.7 Å². The predicted octanol–water partition coefficient (Wildman–Crippen LogP) is 5.17. The van der Waals surface area contributed by atoms with E-state index >= 15 is 0 Å². The Hall–Kier alpha value is -4.58. The van der Waals surface area contributed by atoms with Crippen LogP contribution in [-0.2, 0) is 6.42 Å². The zero-order chi connectivity index (χ0) is 21.8. The highest BCUT2D eigenvalue weighted by molar-refractivity contribution is 6.34. The van der Waals surface area contributed by atoms with Gasteiger partial charge in [-0.3, -0.25) is 0 Å². The topological polar surface area (TPSA) is 134 Å². The van der Waals surface area contributed by atoms with Crippen LogP contribution in [0.1, 0.15) is 16.8 Å². The minimum absolute atomic E-state index is 0.153. The Morgan fingerprint density at radius 1 is 0.968 bits per heavy atom. The van der Waals surface area contributed by atoms with Crippen LogP contribution in [0.2, 0.25) is 5.02 Å². The Bertz CT molecular complexity index is 1410. The van der Waals surface area contributed by atoms with Crippen molar-refractivity contribution < 1.29 is 4.42 Å². The van der Waals surface area contributed by atoms with Crippen LogP contribution < -0.4 is 10.6 Å². The molecule has 0 aliphatic rings. The van der Waals surface area contributed by atoms with Crippen LogP contribution in [0.4, 0.5) is 23.1 Å². The molecule has 0 atom stereocenters. The number of furan rings is 1. The van der Waals surface area contributed by atoms with E-state index in [-0.39, 0.29) is 18.1 Å². The summed E-state index contributed by atoms with van der Waals surface area (Å²) < 4.78 is 5.53. The molecule has 0 saturated heterocycles. The SMILES string of the molecule is N#CCc1coc2cc(Nc3cc(C#N)nc(Nc4ccc(C#N)cc4)n3)c(Cl)cc12. The molecular weight excluding hydrogens is 414 g/mol. The summed E-state index contributed by atoms with van der Waals surface area (Å²) in [5.41, 5.74) is 3.20. The maximum atomic E-state index is 9.34. The van der Waals surface area contributed by atoms with Crippen LogP contribution in [0.5, 0.6) is 0 Å². The van der Waals surface area contributed by atoms with Gasteiger partial charge in [-0.05, 0) is 30.3 Å². The average molecular weight is 426 g/mol. The van der Waals surface area contributed by atoms with Gasteiger partial charge in [0.1, 0.15) is 23.2 Å². The third-order valence-corrected chi connectivity index (χ3v) is 4.70. The standard InChI is InChI=1S/C22H12ClN7O/c23-18-8-17-14(5-6-24)12-31-20(17)9-19(18)29-21-7-16(11-26)28-22(30-21)27-15-3-1-13(10-25)2-4-15/h1-4,7-9,12H,5H2,(H2,27,28,29,30). The molecule has 0 bridgehead atoms. The van der Waals surface area contributed by atoms with E-state index in [1.807, 2.05) is 6.07 Å². The van der Waals surface area contributed by atoms with E-state index < -0.39 is 0 Å². The number of benzene rings is 2. The predicted molar refractivity (Wildman–Crippen MR) is 115 cm³/mol. The molecule has 9 heteroatoms. The summed E-state index contributed by atoms with van der Waals surface area (Å²) in [6.45, 7) is 0. The highest BCUT2D eigenvalue weighted by Crippen LogP contribution is 2.33. The van der Waals surface area contributed by atoms with Crippen LogP contribution in [0.3, 0.4) is 0 Å². The lowest BCUT2D eigenvalue weighted by Gasteiger charge is -2.11. The number of rotatable bonds is 5. The molecule has 4 rings (SSSR count). The molecule has 2 N–H and O–H groups in total. The zero-order valence-electron chi connectivity index (χ0n) is 15.8. The van der Waals surface area contributed by atoms with Gasteiger partial charge in [-0.15, -0.1) is 0 Å². The van der Waals surface area contributed by atoms with Gasteiger partial charge < -0.3 is 15.1 Å². The Morgan fingerprint density at radius 3 is 2.48 bits per heavy atom. The number of hydrogen-bond acceptors (Lipinski definition) is 8. The molecule has 2 aromatic heterocycles. The summed E-state index contributed by atoms with van der Waals surface area (Å²) in [4.78, 5) is 8.55. The lowest BCUT2D eigenvalue weighted by atomic mass is 10.1. The lowest BCUT2D eigenvalue weighted by Crippen LogP contribution is -2.03. The molecule has 4 aromatic rings. The Morgan fingerprint density at radius 2 is 1.77 bits per heavy atom. The van der Waals surface area contributed by atoms with Crippen molar-refractivity contribution >= 4 is 45.7 Å². The van der Waals surface area contributed by atoms with E-state index in [0.29, 0.717) is 33.4 Å². The number of halogens is 1. The maximum absolute atomic E-state index is 9.34. The summed E-state index contributed by atoms with van der Waals surface area (Å²) in [5.74, 6) is 0.561. The third-order valence-electron chi connectivity index (χ3n) is 4.39. The molecule has 0 aliphatic heterocycles. The molecule has 0 radical (unpaired) electrons. The normalized spacial score (nSPS) is 10.1. The second-order valence-corrected chi connectivity index (χ2v) is 6.84. The van der Waals surface area contributed by atoms with Crippen molar-refractivity contribution in [2.24, 2.45) is 0 Å². The van der Waals surface area contributed by atoms with Gasteiger partial charge in [0.2, 0.25) is 5.95 Å². The zero-order valence-corrected chi connectivity index (χ0v) is 16.6. The fraction of sp³-hybridized carbons (Fsp3) is 0.0455. The van der Waals surface area contributed by atoms with Gasteiger partial charge in [0.15, 0.2) is 0 Å². The van der Waals surface area contributed by atoms with E-state index in [1.165, 1.54) is 12.3 Å². The first-order valence-corrected chi connectivity index (χ1v) is 9.37. The number of hydrogen-bond donors (Lipinski definition) is 2. The molecule has 2 aromatic carbocycles. The number of anilines is 4. The monoisotopic (exact) mass is 425 g/mol. The van der Waals surface area contributed by atoms with Crippen molar-refractivity contribution in [2.75, 3.05) is 10.6 Å². The molecular formula is C22H12ClN7O. The molecule has 31 heavy (non-hydrogen) atoms. The smallest absolute Gasteiger partial charge is 0.230 e. The summed E-state index contributed by atoms with van der Waals surface area (Å²) in [7, 11) is 0. The van der Waals surface area contributed by atoms with Crippen LogP contribution in [0.15, 0.2) is 53.1 Å². The average Bonchev–Trinajstić information content (AvgIpc) is 3.16. The fourth-order valence-corrected chi connectivity index (χ4v) is 3.15. The van der Waals surface area contributed by atoms with Crippen LogP contribution >= 0.6 is 11.6 Å². The van der Waals surface area contributed by atoms with Gasteiger partial charge in [-0.2, -0.15) is 20.8 Å².